The lowest BCUT2D eigenvalue weighted by Gasteiger charge is -2.01. The summed E-state index contributed by atoms with van der Waals surface area (Å²) in [5, 5.41) is 5.12. The third-order valence-corrected chi connectivity index (χ3v) is 3.23. The molecule has 0 saturated heterocycles. The highest BCUT2D eigenvalue weighted by Gasteiger charge is 2.10. The molecule has 4 nitrogen and oxygen atoms in total. The molecule has 1 aromatic carbocycles. The molecule has 2 rings (SSSR count). The maximum Gasteiger partial charge on any atom is 0.237 e. The van der Waals surface area contributed by atoms with Gasteiger partial charge in [-0.25, -0.2) is 0 Å². The quantitative estimate of drug-likeness (QED) is 0.797. The molecule has 19 heavy (non-hydrogen) atoms. The lowest BCUT2D eigenvalue weighted by molar-refractivity contribution is -0.118. The second-order valence-corrected chi connectivity index (χ2v) is 5.02. The maximum absolute atomic E-state index is 11.1. The Labute approximate surface area is 117 Å². The minimum Gasteiger partial charge on any atom is -0.368 e. The number of hydrogen-bond acceptors (Lipinski definition) is 2. The molecule has 1 amide bonds. The Kier molecular flexibility index (Phi) is 4.45. The summed E-state index contributed by atoms with van der Waals surface area (Å²) in [7, 11) is 0. The van der Waals surface area contributed by atoms with Crippen molar-refractivity contribution in [2.24, 2.45) is 5.73 Å². The van der Waals surface area contributed by atoms with E-state index in [1.54, 1.807) is 0 Å². The van der Waals surface area contributed by atoms with Crippen molar-refractivity contribution in [3.63, 3.8) is 0 Å². The van der Waals surface area contributed by atoms with Crippen LogP contribution in [-0.4, -0.2) is 17.0 Å². The highest BCUT2D eigenvalue weighted by molar-refractivity contribution is 6.31. The Morgan fingerprint density at radius 2 is 2.26 bits per heavy atom. The molecular formula is C14H18ClN3O. The molecule has 5 heteroatoms. The molecule has 3 N–H and O–H groups in total. The fraction of sp³-hybridized carbons (Fsp3) is 0.357. The van der Waals surface area contributed by atoms with Crippen LogP contribution >= 0.6 is 11.6 Å². The van der Waals surface area contributed by atoms with E-state index in [2.05, 4.69) is 12.2 Å². The van der Waals surface area contributed by atoms with Gasteiger partial charge in [-0.2, -0.15) is 0 Å². The SMILES string of the molecule is CCCNCc1cn(CC(N)=O)c2cc(Cl)ccc12. The van der Waals surface area contributed by atoms with Gasteiger partial charge in [0, 0.05) is 23.2 Å². The van der Waals surface area contributed by atoms with Crippen LogP contribution in [0, 0.1) is 0 Å². The van der Waals surface area contributed by atoms with Gasteiger partial charge in [0.15, 0.2) is 0 Å². The predicted molar refractivity (Wildman–Crippen MR) is 78.1 cm³/mol. The summed E-state index contributed by atoms with van der Waals surface area (Å²) in [6, 6.07) is 5.71. The molecule has 0 bridgehead atoms. The molecule has 1 aromatic heterocycles. The third-order valence-electron chi connectivity index (χ3n) is 3.00. The number of hydrogen-bond donors (Lipinski definition) is 2. The highest BCUT2D eigenvalue weighted by atomic mass is 35.5. The molecule has 0 fully saturated rings. The lowest BCUT2D eigenvalue weighted by atomic mass is 10.2. The first-order chi connectivity index (χ1) is 9.11. The molecule has 0 aliphatic heterocycles. The average molecular weight is 280 g/mol. The van der Waals surface area contributed by atoms with Crippen molar-refractivity contribution in [2.45, 2.75) is 26.4 Å². The number of nitrogens with one attached hydrogen (secondary N) is 1. The van der Waals surface area contributed by atoms with Crippen LogP contribution in [-0.2, 0) is 17.9 Å². The number of primary amides is 1. The van der Waals surface area contributed by atoms with Gasteiger partial charge in [0.2, 0.25) is 5.91 Å². The number of fused-ring (bicyclic) bond motifs is 1. The van der Waals surface area contributed by atoms with E-state index >= 15 is 0 Å². The number of amides is 1. The van der Waals surface area contributed by atoms with Gasteiger partial charge in [-0.3, -0.25) is 4.79 Å². The number of carbonyl (C=O) groups excluding carboxylic acids is 1. The zero-order valence-corrected chi connectivity index (χ0v) is 11.7. The molecule has 0 atom stereocenters. The molecule has 0 saturated carbocycles. The first kappa shape index (κ1) is 13.9. The Morgan fingerprint density at radius 1 is 1.47 bits per heavy atom. The predicted octanol–water partition coefficient (Wildman–Crippen LogP) is 2.28. The third kappa shape index (κ3) is 3.28. The second kappa shape index (κ2) is 6.08. The minimum atomic E-state index is -0.357. The summed E-state index contributed by atoms with van der Waals surface area (Å²) in [6.07, 6.45) is 3.06. The van der Waals surface area contributed by atoms with Crippen LogP contribution in [0.25, 0.3) is 10.9 Å². The molecule has 0 spiro atoms. The van der Waals surface area contributed by atoms with E-state index in [9.17, 15) is 4.79 Å². The molecule has 0 aliphatic rings. The average Bonchev–Trinajstić information content (AvgIpc) is 2.67. The van der Waals surface area contributed by atoms with Crippen molar-refractivity contribution in [1.29, 1.82) is 0 Å². The van der Waals surface area contributed by atoms with E-state index in [4.69, 9.17) is 17.3 Å². The van der Waals surface area contributed by atoms with E-state index in [-0.39, 0.29) is 12.5 Å². The Bertz CT molecular complexity index is 592. The smallest absolute Gasteiger partial charge is 0.237 e. The van der Waals surface area contributed by atoms with Crippen molar-refractivity contribution in [3.8, 4) is 0 Å². The van der Waals surface area contributed by atoms with Crippen molar-refractivity contribution in [3.05, 3.63) is 35.0 Å². The highest BCUT2D eigenvalue weighted by Crippen LogP contribution is 2.24. The van der Waals surface area contributed by atoms with Crippen LogP contribution in [0.1, 0.15) is 18.9 Å². The summed E-state index contributed by atoms with van der Waals surface area (Å²) < 4.78 is 1.85. The number of nitrogens with zero attached hydrogens (tertiary/aromatic N) is 1. The van der Waals surface area contributed by atoms with Gasteiger partial charge in [-0.1, -0.05) is 24.6 Å². The lowest BCUT2D eigenvalue weighted by Crippen LogP contribution is -2.18. The summed E-state index contributed by atoms with van der Waals surface area (Å²) >= 11 is 6.02. The largest absolute Gasteiger partial charge is 0.368 e. The Hall–Kier alpha value is -1.52. The maximum atomic E-state index is 11.1. The molecule has 2 aromatic rings. The van der Waals surface area contributed by atoms with Crippen LogP contribution in [0.3, 0.4) is 0 Å². The second-order valence-electron chi connectivity index (χ2n) is 4.59. The number of nitrogens with two attached hydrogens (primary N) is 1. The molecule has 102 valence electrons. The van der Waals surface area contributed by atoms with E-state index in [1.807, 2.05) is 29.0 Å². The van der Waals surface area contributed by atoms with E-state index in [1.165, 1.54) is 0 Å². The van der Waals surface area contributed by atoms with Crippen LogP contribution in [0.15, 0.2) is 24.4 Å². The van der Waals surface area contributed by atoms with Gasteiger partial charge in [0.1, 0.15) is 6.54 Å². The summed E-state index contributed by atoms with van der Waals surface area (Å²) in [6.45, 7) is 4.04. The number of benzene rings is 1. The molecule has 0 radical (unpaired) electrons. The zero-order chi connectivity index (χ0) is 13.8. The Morgan fingerprint density at radius 3 is 2.95 bits per heavy atom. The molecular weight excluding hydrogens is 262 g/mol. The van der Waals surface area contributed by atoms with Gasteiger partial charge < -0.3 is 15.6 Å². The van der Waals surface area contributed by atoms with Crippen molar-refractivity contribution < 1.29 is 4.79 Å². The van der Waals surface area contributed by atoms with Crippen molar-refractivity contribution >= 4 is 28.4 Å². The van der Waals surface area contributed by atoms with E-state index in [0.29, 0.717) is 5.02 Å². The van der Waals surface area contributed by atoms with Crippen molar-refractivity contribution in [2.75, 3.05) is 6.54 Å². The Balaban J connectivity index is 2.38. The van der Waals surface area contributed by atoms with Crippen LogP contribution in [0.2, 0.25) is 5.02 Å². The van der Waals surface area contributed by atoms with Crippen LogP contribution in [0.5, 0.6) is 0 Å². The summed E-state index contributed by atoms with van der Waals surface area (Å²) in [5.74, 6) is -0.357. The molecule has 0 unspecified atom stereocenters. The normalized spacial score (nSPS) is 11.1. The molecule has 1 heterocycles. The minimum absolute atomic E-state index is 0.171. The van der Waals surface area contributed by atoms with Gasteiger partial charge in [-0.05, 0) is 30.7 Å². The fourth-order valence-corrected chi connectivity index (χ4v) is 2.35. The topological polar surface area (TPSA) is 60.1 Å². The standard InChI is InChI=1S/C14H18ClN3O/c1-2-5-17-7-10-8-18(9-14(16)19)13-6-11(15)3-4-12(10)13/h3-4,6,8,17H,2,5,7,9H2,1H3,(H2,16,19). The summed E-state index contributed by atoms with van der Waals surface area (Å²) in [5.41, 5.74) is 7.37. The zero-order valence-electron chi connectivity index (χ0n) is 10.9. The number of halogens is 1. The number of rotatable bonds is 6. The van der Waals surface area contributed by atoms with Gasteiger partial charge in [0.05, 0.1) is 5.52 Å². The van der Waals surface area contributed by atoms with E-state index in [0.717, 1.165) is 36.0 Å². The molecule has 0 aliphatic carbocycles. The number of aromatic nitrogens is 1. The van der Waals surface area contributed by atoms with E-state index < -0.39 is 0 Å². The van der Waals surface area contributed by atoms with Gasteiger partial charge >= 0.3 is 0 Å². The van der Waals surface area contributed by atoms with Crippen LogP contribution in [0.4, 0.5) is 0 Å². The van der Waals surface area contributed by atoms with Crippen LogP contribution < -0.4 is 11.1 Å². The number of carbonyl (C=O) groups is 1. The fourth-order valence-electron chi connectivity index (χ4n) is 2.18. The first-order valence-electron chi connectivity index (χ1n) is 6.38. The van der Waals surface area contributed by atoms with Gasteiger partial charge in [0.25, 0.3) is 0 Å². The monoisotopic (exact) mass is 279 g/mol. The summed E-state index contributed by atoms with van der Waals surface area (Å²) in [4.78, 5) is 11.1. The first-order valence-corrected chi connectivity index (χ1v) is 6.76. The van der Waals surface area contributed by atoms with Crippen molar-refractivity contribution in [1.82, 2.24) is 9.88 Å². The van der Waals surface area contributed by atoms with Gasteiger partial charge in [-0.15, -0.1) is 0 Å².